The molecule has 0 aromatic heterocycles. The summed E-state index contributed by atoms with van der Waals surface area (Å²) >= 11 is 9.53. The molecular formula is C13H19BrClN. The van der Waals surface area contributed by atoms with Crippen LogP contribution in [0.2, 0.25) is 5.02 Å². The van der Waals surface area contributed by atoms with Crippen LogP contribution < -0.4 is 4.90 Å². The second-order valence-electron chi connectivity index (χ2n) is 3.84. The number of anilines is 1. The molecule has 1 aromatic rings. The second kappa shape index (κ2) is 7.18. The minimum absolute atomic E-state index is 0.810. The van der Waals surface area contributed by atoms with Gasteiger partial charge in [-0.2, -0.15) is 0 Å². The number of alkyl halides is 1. The fourth-order valence-corrected chi connectivity index (χ4v) is 2.41. The summed E-state index contributed by atoms with van der Waals surface area (Å²) in [6.45, 7) is 6.58. The Morgan fingerprint density at radius 2 is 2.06 bits per heavy atom. The molecule has 90 valence electrons. The van der Waals surface area contributed by atoms with Crippen molar-refractivity contribution in [1.29, 1.82) is 0 Å². The number of nitrogens with zero attached hydrogens (tertiary/aromatic N) is 1. The summed E-state index contributed by atoms with van der Waals surface area (Å²) in [7, 11) is 0. The van der Waals surface area contributed by atoms with E-state index in [-0.39, 0.29) is 0 Å². The zero-order chi connectivity index (χ0) is 12.0. The van der Waals surface area contributed by atoms with E-state index in [1.165, 1.54) is 24.1 Å². The lowest BCUT2D eigenvalue weighted by molar-refractivity contribution is 0.730. The summed E-state index contributed by atoms with van der Waals surface area (Å²) in [5, 5.41) is 1.66. The molecule has 0 fully saturated rings. The van der Waals surface area contributed by atoms with Gasteiger partial charge in [-0.1, -0.05) is 40.9 Å². The van der Waals surface area contributed by atoms with Crippen molar-refractivity contribution in [3.63, 3.8) is 0 Å². The first-order valence-corrected chi connectivity index (χ1v) is 7.32. The summed E-state index contributed by atoms with van der Waals surface area (Å²) in [6.07, 6.45) is 2.46. The molecule has 0 heterocycles. The normalized spacial score (nSPS) is 10.5. The molecule has 1 nitrogen and oxygen atoms in total. The van der Waals surface area contributed by atoms with Crippen molar-refractivity contribution in [3.05, 3.63) is 28.8 Å². The van der Waals surface area contributed by atoms with Gasteiger partial charge in [0.05, 0.1) is 0 Å². The molecule has 0 aliphatic rings. The number of unbranched alkanes of at least 4 members (excludes halogenated alkanes) is 1. The van der Waals surface area contributed by atoms with Crippen LogP contribution in [-0.2, 0) is 5.33 Å². The predicted octanol–water partition coefficient (Wildman–Crippen LogP) is 4.86. The lowest BCUT2D eigenvalue weighted by Gasteiger charge is -2.25. The molecule has 0 saturated heterocycles. The number of rotatable bonds is 6. The summed E-state index contributed by atoms with van der Waals surface area (Å²) in [6, 6.07) is 6.13. The van der Waals surface area contributed by atoms with E-state index >= 15 is 0 Å². The summed E-state index contributed by atoms with van der Waals surface area (Å²) in [5.41, 5.74) is 2.57. The average molecular weight is 305 g/mol. The van der Waals surface area contributed by atoms with Crippen molar-refractivity contribution in [2.45, 2.75) is 32.0 Å². The van der Waals surface area contributed by atoms with Crippen LogP contribution in [0.1, 0.15) is 32.3 Å². The van der Waals surface area contributed by atoms with Crippen LogP contribution in [0.4, 0.5) is 5.69 Å². The number of benzene rings is 1. The van der Waals surface area contributed by atoms with Gasteiger partial charge in [0.25, 0.3) is 0 Å². The van der Waals surface area contributed by atoms with Gasteiger partial charge in [0.1, 0.15) is 0 Å². The fraction of sp³-hybridized carbons (Fsp3) is 0.538. The van der Waals surface area contributed by atoms with E-state index in [1.54, 1.807) is 0 Å². The maximum Gasteiger partial charge on any atom is 0.0410 e. The Hall–Kier alpha value is -0.210. The van der Waals surface area contributed by atoms with E-state index < -0.39 is 0 Å². The Kier molecular flexibility index (Phi) is 6.22. The van der Waals surface area contributed by atoms with Crippen LogP contribution in [0, 0.1) is 0 Å². The van der Waals surface area contributed by atoms with Crippen molar-refractivity contribution in [2.75, 3.05) is 18.0 Å². The van der Waals surface area contributed by atoms with Crippen LogP contribution in [0.15, 0.2) is 18.2 Å². The monoisotopic (exact) mass is 303 g/mol. The van der Waals surface area contributed by atoms with Gasteiger partial charge in [0.2, 0.25) is 0 Å². The predicted molar refractivity (Wildman–Crippen MR) is 76.9 cm³/mol. The highest BCUT2D eigenvalue weighted by atomic mass is 79.9. The molecule has 0 unspecified atom stereocenters. The second-order valence-corrected chi connectivity index (χ2v) is 4.84. The first-order valence-electron chi connectivity index (χ1n) is 5.82. The topological polar surface area (TPSA) is 3.24 Å². The molecule has 0 N–H and O–H groups in total. The molecule has 0 saturated carbocycles. The van der Waals surface area contributed by atoms with Crippen molar-refractivity contribution in [1.82, 2.24) is 0 Å². The van der Waals surface area contributed by atoms with E-state index in [0.29, 0.717) is 0 Å². The zero-order valence-corrected chi connectivity index (χ0v) is 12.3. The Labute approximate surface area is 112 Å². The van der Waals surface area contributed by atoms with Crippen LogP contribution in [-0.4, -0.2) is 13.1 Å². The molecule has 0 amide bonds. The van der Waals surface area contributed by atoms with Gasteiger partial charge < -0.3 is 4.90 Å². The van der Waals surface area contributed by atoms with Crippen LogP contribution in [0.3, 0.4) is 0 Å². The van der Waals surface area contributed by atoms with Gasteiger partial charge in [-0.15, -0.1) is 0 Å². The quantitative estimate of drug-likeness (QED) is 0.678. The fourth-order valence-electron chi connectivity index (χ4n) is 1.77. The molecule has 1 rings (SSSR count). The standard InChI is InChI=1S/C13H19BrClN/c1-3-5-8-16(4-2)13-7-6-12(15)9-11(13)10-14/h6-7,9H,3-5,8,10H2,1-2H3. The minimum atomic E-state index is 0.810. The molecule has 0 spiro atoms. The Balaban J connectivity index is 2.90. The van der Waals surface area contributed by atoms with Crippen molar-refractivity contribution < 1.29 is 0 Å². The maximum atomic E-state index is 6.01. The van der Waals surface area contributed by atoms with Crippen LogP contribution in [0.5, 0.6) is 0 Å². The van der Waals surface area contributed by atoms with E-state index in [1.807, 2.05) is 12.1 Å². The minimum Gasteiger partial charge on any atom is -0.372 e. The highest BCUT2D eigenvalue weighted by molar-refractivity contribution is 9.08. The van der Waals surface area contributed by atoms with Gasteiger partial charge >= 0.3 is 0 Å². The third-order valence-electron chi connectivity index (χ3n) is 2.69. The molecule has 16 heavy (non-hydrogen) atoms. The number of halogens is 2. The first kappa shape index (κ1) is 13.9. The lowest BCUT2D eigenvalue weighted by atomic mass is 10.1. The summed E-state index contributed by atoms with van der Waals surface area (Å²) in [4.78, 5) is 2.41. The number of hydrogen-bond donors (Lipinski definition) is 0. The molecule has 0 bridgehead atoms. The molecule has 0 radical (unpaired) electrons. The molecule has 1 aromatic carbocycles. The molecule has 0 atom stereocenters. The number of hydrogen-bond acceptors (Lipinski definition) is 1. The van der Waals surface area contributed by atoms with Crippen LogP contribution in [0.25, 0.3) is 0 Å². The Morgan fingerprint density at radius 3 is 2.62 bits per heavy atom. The SMILES string of the molecule is CCCCN(CC)c1ccc(Cl)cc1CBr. The van der Waals surface area contributed by atoms with Gasteiger partial charge in [-0.05, 0) is 37.1 Å². The van der Waals surface area contributed by atoms with Crippen molar-refractivity contribution in [3.8, 4) is 0 Å². The lowest BCUT2D eigenvalue weighted by Crippen LogP contribution is -2.24. The molecule has 0 aliphatic heterocycles. The smallest absolute Gasteiger partial charge is 0.0410 e. The van der Waals surface area contributed by atoms with Gasteiger partial charge in [-0.25, -0.2) is 0 Å². The highest BCUT2D eigenvalue weighted by Crippen LogP contribution is 2.26. The van der Waals surface area contributed by atoms with E-state index in [9.17, 15) is 0 Å². The third-order valence-corrected chi connectivity index (χ3v) is 3.53. The van der Waals surface area contributed by atoms with Crippen molar-refractivity contribution >= 4 is 33.2 Å². The Bertz CT molecular complexity index is 328. The van der Waals surface area contributed by atoms with Crippen LogP contribution >= 0.6 is 27.5 Å². The largest absolute Gasteiger partial charge is 0.372 e. The average Bonchev–Trinajstić information content (AvgIpc) is 2.31. The van der Waals surface area contributed by atoms with Gasteiger partial charge in [-0.3, -0.25) is 0 Å². The summed E-state index contributed by atoms with van der Waals surface area (Å²) in [5.74, 6) is 0. The highest BCUT2D eigenvalue weighted by Gasteiger charge is 2.08. The van der Waals surface area contributed by atoms with E-state index in [2.05, 4.69) is 40.7 Å². The molecular weight excluding hydrogens is 286 g/mol. The van der Waals surface area contributed by atoms with E-state index in [0.717, 1.165) is 23.4 Å². The first-order chi connectivity index (χ1) is 7.72. The molecule has 0 aliphatic carbocycles. The van der Waals surface area contributed by atoms with Gasteiger partial charge in [0, 0.05) is 29.1 Å². The summed E-state index contributed by atoms with van der Waals surface area (Å²) < 4.78 is 0. The maximum absolute atomic E-state index is 6.01. The zero-order valence-electron chi connectivity index (χ0n) is 9.97. The molecule has 3 heteroatoms. The van der Waals surface area contributed by atoms with Crippen molar-refractivity contribution in [2.24, 2.45) is 0 Å². The Morgan fingerprint density at radius 1 is 1.31 bits per heavy atom. The van der Waals surface area contributed by atoms with E-state index in [4.69, 9.17) is 11.6 Å². The van der Waals surface area contributed by atoms with Gasteiger partial charge in [0.15, 0.2) is 0 Å². The third kappa shape index (κ3) is 3.67.